The summed E-state index contributed by atoms with van der Waals surface area (Å²) in [6.07, 6.45) is -7.46. The number of carbonyl (C=O) groups is 2. The molecule has 0 amide bonds. The molecule has 0 spiro atoms. The van der Waals surface area contributed by atoms with E-state index in [-0.39, 0.29) is 11.1 Å². The molecule has 0 saturated carbocycles. The Hall–Kier alpha value is -2.76. The minimum Gasteiger partial charge on any atom is -0.459 e. The third-order valence-electron chi connectivity index (χ3n) is 3.54. The van der Waals surface area contributed by atoms with Gasteiger partial charge in [-0.05, 0) is 27.7 Å². The Bertz CT molecular complexity index is 659. The third kappa shape index (κ3) is 7.47. The van der Waals surface area contributed by atoms with Gasteiger partial charge in [-0.2, -0.15) is 10.5 Å². The minimum atomic E-state index is -1.95. The van der Waals surface area contributed by atoms with Crippen LogP contribution in [0, 0.1) is 22.7 Å². The zero-order chi connectivity index (χ0) is 22.0. The zero-order valence-corrected chi connectivity index (χ0v) is 16.0. The highest BCUT2D eigenvalue weighted by Crippen LogP contribution is 2.10. The van der Waals surface area contributed by atoms with Crippen molar-refractivity contribution in [2.24, 2.45) is 0 Å². The van der Waals surface area contributed by atoms with E-state index in [1.165, 1.54) is 27.7 Å². The fourth-order valence-electron chi connectivity index (χ4n) is 1.84. The molecule has 28 heavy (non-hydrogen) atoms. The molecule has 154 valence electrons. The molecule has 0 aliphatic rings. The second-order valence-corrected chi connectivity index (χ2v) is 6.29. The normalized spacial score (nSPS) is 14.4. The van der Waals surface area contributed by atoms with Crippen molar-refractivity contribution in [1.29, 1.82) is 10.5 Å². The average Bonchev–Trinajstić information content (AvgIpc) is 2.63. The molecule has 0 radical (unpaired) electrons. The molecule has 0 rings (SSSR count). The number of ether oxygens (including phenoxy) is 2. The van der Waals surface area contributed by atoms with E-state index < -0.39 is 49.6 Å². The standard InChI is InChI=1S/C18H24N2O8/c1-9(2)11(5-19)17(25)27-7-13(21)15(23)16(24)14(22)8-28-18(26)12(6-20)10(3)4/h13-16,21-24H,7-8H2,1-4H3. The summed E-state index contributed by atoms with van der Waals surface area (Å²) in [5.41, 5.74) is 0.268. The maximum Gasteiger partial charge on any atom is 0.348 e. The van der Waals surface area contributed by atoms with Gasteiger partial charge in [-0.15, -0.1) is 0 Å². The second kappa shape index (κ2) is 11.8. The van der Waals surface area contributed by atoms with Gasteiger partial charge in [-0.25, -0.2) is 9.59 Å². The van der Waals surface area contributed by atoms with Crippen LogP contribution in [0.25, 0.3) is 0 Å². The summed E-state index contributed by atoms with van der Waals surface area (Å²) in [4.78, 5) is 23.4. The molecule has 0 saturated heterocycles. The molecular formula is C18H24N2O8. The summed E-state index contributed by atoms with van der Waals surface area (Å²) in [5, 5.41) is 57.0. The molecule has 10 nitrogen and oxygen atoms in total. The highest BCUT2D eigenvalue weighted by atomic mass is 16.5. The third-order valence-corrected chi connectivity index (χ3v) is 3.54. The van der Waals surface area contributed by atoms with Crippen molar-refractivity contribution in [3.8, 4) is 12.1 Å². The Morgan fingerprint density at radius 2 is 1.04 bits per heavy atom. The van der Waals surface area contributed by atoms with Crippen molar-refractivity contribution < 1.29 is 39.5 Å². The van der Waals surface area contributed by atoms with Crippen LogP contribution in [0.4, 0.5) is 0 Å². The molecule has 0 heterocycles. The van der Waals surface area contributed by atoms with E-state index in [4.69, 9.17) is 20.0 Å². The van der Waals surface area contributed by atoms with Gasteiger partial charge in [0, 0.05) is 0 Å². The van der Waals surface area contributed by atoms with Gasteiger partial charge in [0.15, 0.2) is 0 Å². The molecule has 4 atom stereocenters. The van der Waals surface area contributed by atoms with Gasteiger partial charge in [0.25, 0.3) is 0 Å². The van der Waals surface area contributed by atoms with Crippen molar-refractivity contribution in [3.63, 3.8) is 0 Å². The fourth-order valence-corrected chi connectivity index (χ4v) is 1.84. The number of hydrogen-bond donors (Lipinski definition) is 4. The average molecular weight is 396 g/mol. The number of aliphatic hydroxyl groups excluding tert-OH is 4. The molecule has 0 aromatic carbocycles. The molecule has 4 unspecified atom stereocenters. The maximum atomic E-state index is 11.7. The Morgan fingerprint density at radius 3 is 1.25 bits per heavy atom. The van der Waals surface area contributed by atoms with Crippen LogP contribution < -0.4 is 0 Å². The molecular weight excluding hydrogens is 372 g/mol. The lowest BCUT2D eigenvalue weighted by molar-refractivity contribution is -0.158. The number of carbonyl (C=O) groups excluding carboxylic acids is 2. The van der Waals surface area contributed by atoms with E-state index in [0.29, 0.717) is 11.1 Å². The quantitative estimate of drug-likeness (QED) is 0.219. The summed E-state index contributed by atoms with van der Waals surface area (Å²) in [5.74, 6) is -2.02. The van der Waals surface area contributed by atoms with Crippen molar-refractivity contribution >= 4 is 11.9 Å². The molecule has 0 aliphatic heterocycles. The number of rotatable bonds is 9. The molecule has 0 aromatic rings. The summed E-state index contributed by atoms with van der Waals surface area (Å²) < 4.78 is 9.38. The van der Waals surface area contributed by atoms with E-state index in [0.717, 1.165) is 0 Å². The van der Waals surface area contributed by atoms with E-state index in [2.05, 4.69) is 0 Å². The van der Waals surface area contributed by atoms with Crippen LogP contribution in [0.5, 0.6) is 0 Å². The van der Waals surface area contributed by atoms with Crippen molar-refractivity contribution in [1.82, 2.24) is 0 Å². The van der Waals surface area contributed by atoms with Gasteiger partial charge in [0.1, 0.15) is 60.9 Å². The number of allylic oxidation sites excluding steroid dienone is 2. The second-order valence-electron chi connectivity index (χ2n) is 6.29. The topological polar surface area (TPSA) is 181 Å². The first-order valence-corrected chi connectivity index (χ1v) is 8.19. The highest BCUT2D eigenvalue weighted by Gasteiger charge is 2.32. The monoisotopic (exact) mass is 396 g/mol. The van der Waals surface area contributed by atoms with Gasteiger partial charge < -0.3 is 29.9 Å². The number of nitrogens with zero attached hydrogens (tertiary/aromatic N) is 2. The number of esters is 2. The van der Waals surface area contributed by atoms with Crippen LogP contribution in [0.15, 0.2) is 22.3 Å². The molecule has 0 fully saturated rings. The Labute approximate surface area is 162 Å². The van der Waals surface area contributed by atoms with E-state index >= 15 is 0 Å². The van der Waals surface area contributed by atoms with E-state index in [9.17, 15) is 30.0 Å². The van der Waals surface area contributed by atoms with Crippen LogP contribution in [-0.2, 0) is 19.1 Å². The molecule has 4 N–H and O–H groups in total. The smallest absolute Gasteiger partial charge is 0.348 e. The molecule has 0 bridgehead atoms. The highest BCUT2D eigenvalue weighted by molar-refractivity contribution is 5.93. The van der Waals surface area contributed by atoms with Gasteiger partial charge in [0.2, 0.25) is 0 Å². The van der Waals surface area contributed by atoms with Gasteiger partial charge in [0.05, 0.1) is 0 Å². The van der Waals surface area contributed by atoms with Crippen molar-refractivity contribution in [2.75, 3.05) is 13.2 Å². The van der Waals surface area contributed by atoms with Gasteiger partial charge in [-0.1, -0.05) is 11.1 Å². The van der Waals surface area contributed by atoms with E-state index in [1.807, 2.05) is 0 Å². The SMILES string of the molecule is CC(C)=C(C#N)C(=O)OCC(O)C(O)C(O)C(O)COC(=O)C(C#N)=C(C)C. The largest absolute Gasteiger partial charge is 0.459 e. The lowest BCUT2D eigenvalue weighted by Gasteiger charge is -2.26. The van der Waals surface area contributed by atoms with Crippen LogP contribution in [-0.4, -0.2) is 70.0 Å². The first-order valence-electron chi connectivity index (χ1n) is 8.19. The minimum absolute atomic E-state index is 0.262. The lowest BCUT2D eigenvalue weighted by atomic mass is 10.0. The Kier molecular flexibility index (Phi) is 10.7. The van der Waals surface area contributed by atoms with Crippen LogP contribution in [0.3, 0.4) is 0 Å². The van der Waals surface area contributed by atoms with Gasteiger partial charge >= 0.3 is 11.9 Å². The number of aliphatic hydroxyl groups is 4. The van der Waals surface area contributed by atoms with Gasteiger partial charge in [-0.3, -0.25) is 0 Å². The van der Waals surface area contributed by atoms with Crippen LogP contribution in [0.1, 0.15) is 27.7 Å². The summed E-state index contributed by atoms with van der Waals surface area (Å²) in [6, 6.07) is 3.28. The maximum absolute atomic E-state index is 11.7. The predicted octanol–water partition coefficient (Wildman–Crippen LogP) is -0.764. The van der Waals surface area contributed by atoms with Crippen molar-refractivity contribution in [3.05, 3.63) is 22.3 Å². The fraction of sp³-hybridized carbons (Fsp3) is 0.556. The molecule has 10 heteroatoms. The predicted molar refractivity (Wildman–Crippen MR) is 93.9 cm³/mol. The number of nitriles is 2. The van der Waals surface area contributed by atoms with Crippen LogP contribution >= 0.6 is 0 Å². The zero-order valence-electron chi connectivity index (χ0n) is 16.0. The summed E-state index contributed by atoms with van der Waals surface area (Å²) in [6.45, 7) is 4.55. The summed E-state index contributed by atoms with van der Waals surface area (Å²) in [7, 11) is 0. The molecule has 0 aromatic heterocycles. The first-order chi connectivity index (χ1) is 13.0. The molecule has 0 aliphatic carbocycles. The summed E-state index contributed by atoms with van der Waals surface area (Å²) >= 11 is 0. The van der Waals surface area contributed by atoms with Crippen LogP contribution in [0.2, 0.25) is 0 Å². The first kappa shape index (κ1) is 25.2. The Balaban J connectivity index is 4.74. The Morgan fingerprint density at radius 1 is 0.750 bits per heavy atom. The van der Waals surface area contributed by atoms with E-state index in [1.54, 1.807) is 12.1 Å². The van der Waals surface area contributed by atoms with Crippen molar-refractivity contribution in [2.45, 2.75) is 52.1 Å². The lowest BCUT2D eigenvalue weighted by Crippen LogP contribution is -2.48. The number of hydrogen-bond acceptors (Lipinski definition) is 10.